The summed E-state index contributed by atoms with van der Waals surface area (Å²) < 4.78 is 0. The van der Waals surface area contributed by atoms with Gasteiger partial charge in [-0.15, -0.1) is 0 Å². The van der Waals surface area contributed by atoms with Crippen LogP contribution in [0.4, 0.5) is 5.82 Å². The lowest BCUT2D eigenvalue weighted by molar-refractivity contribution is 0.0690. The van der Waals surface area contributed by atoms with Crippen LogP contribution < -0.4 is 4.90 Å². The lowest BCUT2D eigenvalue weighted by Crippen LogP contribution is -2.31. The van der Waals surface area contributed by atoms with Crippen LogP contribution in [0.5, 0.6) is 0 Å². The first kappa shape index (κ1) is 10.9. The smallest absolute Gasteiger partial charge is 0.358 e. The van der Waals surface area contributed by atoms with Gasteiger partial charge >= 0.3 is 5.97 Å². The fourth-order valence-corrected chi connectivity index (χ4v) is 1.91. The van der Waals surface area contributed by atoms with Gasteiger partial charge in [0.15, 0.2) is 11.5 Å². The Bertz CT molecular complexity index is 391. The van der Waals surface area contributed by atoms with Gasteiger partial charge in [-0.25, -0.2) is 14.8 Å². The predicted octanol–water partition coefficient (Wildman–Crippen LogP) is 1.41. The van der Waals surface area contributed by atoms with Gasteiger partial charge in [-0.2, -0.15) is 0 Å². The summed E-state index contributed by atoms with van der Waals surface area (Å²) in [6, 6.07) is 0. The summed E-state index contributed by atoms with van der Waals surface area (Å²) in [6.45, 7) is 0.860. The van der Waals surface area contributed by atoms with Gasteiger partial charge in [0, 0.05) is 26.0 Å². The number of anilines is 1. The van der Waals surface area contributed by atoms with Gasteiger partial charge in [0.25, 0.3) is 0 Å². The number of hydrogen-bond acceptors (Lipinski definition) is 4. The Morgan fingerprint density at radius 1 is 1.50 bits per heavy atom. The maximum Gasteiger partial charge on any atom is 0.358 e. The third kappa shape index (κ3) is 2.13. The highest BCUT2D eigenvalue weighted by Gasteiger charge is 2.22. The molecular formula is C11H15N3O2. The average Bonchev–Trinajstić information content (AvgIpc) is 2.23. The van der Waals surface area contributed by atoms with Crippen molar-refractivity contribution in [2.24, 2.45) is 5.92 Å². The summed E-state index contributed by atoms with van der Waals surface area (Å²) in [5, 5.41) is 8.99. The highest BCUT2D eigenvalue weighted by atomic mass is 16.4. The van der Waals surface area contributed by atoms with Gasteiger partial charge in [0.1, 0.15) is 0 Å². The van der Waals surface area contributed by atoms with E-state index >= 15 is 0 Å². The van der Waals surface area contributed by atoms with Crippen LogP contribution in [0.25, 0.3) is 0 Å². The Labute approximate surface area is 94.1 Å². The normalized spacial score (nSPS) is 15.6. The minimum Gasteiger partial charge on any atom is -0.476 e. The molecule has 2 rings (SSSR count). The molecule has 5 nitrogen and oxygen atoms in total. The van der Waals surface area contributed by atoms with Gasteiger partial charge in [-0.05, 0) is 18.8 Å². The summed E-state index contributed by atoms with van der Waals surface area (Å²) in [6.07, 6.45) is 6.67. The number of hydrogen-bond donors (Lipinski definition) is 1. The molecule has 0 spiro atoms. The number of carboxylic acids is 1. The molecule has 1 N–H and O–H groups in total. The molecule has 1 aliphatic rings. The quantitative estimate of drug-likeness (QED) is 0.832. The number of carboxylic acid groups (broad SMARTS) is 1. The zero-order chi connectivity index (χ0) is 11.5. The van der Waals surface area contributed by atoms with E-state index in [0.29, 0.717) is 11.7 Å². The summed E-state index contributed by atoms with van der Waals surface area (Å²) in [4.78, 5) is 20.8. The molecule has 0 atom stereocenters. The summed E-state index contributed by atoms with van der Waals surface area (Å²) >= 11 is 0. The molecule has 5 heteroatoms. The maximum atomic E-state index is 11.0. The van der Waals surface area contributed by atoms with Crippen molar-refractivity contribution in [1.29, 1.82) is 0 Å². The van der Waals surface area contributed by atoms with Crippen LogP contribution in [0, 0.1) is 5.92 Å². The van der Waals surface area contributed by atoms with Crippen LogP contribution in [0.2, 0.25) is 0 Å². The number of nitrogens with zero attached hydrogens (tertiary/aromatic N) is 3. The van der Waals surface area contributed by atoms with E-state index in [9.17, 15) is 4.79 Å². The first-order valence-electron chi connectivity index (χ1n) is 5.44. The van der Waals surface area contributed by atoms with Gasteiger partial charge < -0.3 is 10.0 Å². The molecule has 1 heterocycles. The van der Waals surface area contributed by atoms with Gasteiger partial charge in [-0.3, -0.25) is 0 Å². The van der Waals surface area contributed by atoms with Crippen molar-refractivity contribution in [3.05, 3.63) is 18.1 Å². The van der Waals surface area contributed by atoms with E-state index in [2.05, 4.69) is 9.97 Å². The Kier molecular flexibility index (Phi) is 3.03. The fourth-order valence-electron chi connectivity index (χ4n) is 1.91. The molecule has 1 fully saturated rings. The van der Waals surface area contributed by atoms with Crippen LogP contribution in [0.3, 0.4) is 0 Å². The number of aromatic nitrogens is 2. The zero-order valence-corrected chi connectivity index (χ0v) is 9.26. The lowest BCUT2D eigenvalue weighted by atomic mass is 9.85. The minimum absolute atomic E-state index is 0.0318. The third-order valence-corrected chi connectivity index (χ3v) is 3.00. The molecule has 0 unspecified atom stereocenters. The molecule has 1 aliphatic carbocycles. The standard InChI is InChI=1S/C11H15N3O2/c1-14(7-8-3-2-4-8)10-9(11(15)16)12-5-6-13-10/h5-6,8H,2-4,7H2,1H3,(H,15,16). The molecule has 0 saturated heterocycles. The average molecular weight is 221 g/mol. The third-order valence-electron chi connectivity index (χ3n) is 3.00. The van der Waals surface area contributed by atoms with E-state index < -0.39 is 5.97 Å². The van der Waals surface area contributed by atoms with E-state index in [1.807, 2.05) is 11.9 Å². The van der Waals surface area contributed by atoms with Crippen molar-refractivity contribution >= 4 is 11.8 Å². The van der Waals surface area contributed by atoms with Crippen molar-refractivity contribution in [2.45, 2.75) is 19.3 Å². The van der Waals surface area contributed by atoms with Gasteiger partial charge in [-0.1, -0.05) is 6.42 Å². The van der Waals surface area contributed by atoms with Crippen LogP contribution in [-0.4, -0.2) is 34.6 Å². The molecule has 86 valence electrons. The molecule has 0 amide bonds. The van der Waals surface area contributed by atoms with Crippen molar-refractivity contribution in [3.8, 4) is 0 Å². The molecule has 0 aromatic carbocycles. The molecule has 1 aromatic heterocycles. The van der Waals surface area contributed by atoms with Crippen molar-refractivity contribution in [1.82, 2.24) is 9.97 Å². The van der Waals surface area contributed by atoms with E-state index in [0.717, 1.165) is 6.54 Å². The van der Waals surface area contributed by atoms with Crippen LogP contribution in [0.1, 0.15) is 29.8 Å². The number of carbonyl (C=O) groups is 1. The second kappa shape index (κ2) is 4.47. The Balaban J connectivity index is 2.14. The number of rotatable bonds is 4. The van der Waals surface area contributed by atoms with E-state index in [-0.39, 0.29) is 5.69 Å². The molecule has 0 bridgehead atoms. The largest absolute Gasteiger partial charge is 0.476 e. The Hall–Kier alpha value is -1.65. The SMILES string of the molecule is CN(CC1CCC1)c1nccnc1C(=O)O. The topological polar surface area (TPSA) is 66.3 Å². The van der Waals surface area contributed by atoms with E-state index in [1.54, 1.807) is 0 Å². The van der Waals surface area contributed by atoms with Crippen LogP contribution in [0.15, 0.2) is 12.4 Å². The number of aromatic carboxylic acids is 1. The highest BCUT2D eigenvalue weighted by molar-refractivity contribution is 5.90. The van der Waals surface area contributed by atoms with Crippen LogP contribution in [-0.2, 0) is 0 Å². The second-order valence-electron chi connectivity index (χ2n) is 4.21. The predicted molar refractivity (Wildman–Crippen MR) is 59.6 cm³/mol. The monoisotopic (exact) mass is 221 g/mol. The molecule has 16 heavy (non-hydrogen) atoms. The lowest BCUT2D eigenvalue weighted by Gasteiger charge is -2.30. The first-order valence-corrected chi connectivity index (χ1v) is 5.44. The Morgan fingerprint density at radius 2 is 2.19 bits per heavy atom. The van der Waals surface area contributed by atoms with Crippen molar-refractivity contribution in [3.63, 3.8) is 0 Å². The summed E-state index contributed by atoms with van der Waals surface area (Å²) in [7, 11) is 1.87. The van der Waals surface area contributed by atoms with Crippen LogP contribution >= 0.6 is 0 Å². The minimum atomic E-state index is -1.02. The molecule has 1 saturated carbocycles. The zero-order valence-electron chi connectivity index (χ0n) is 9.26. The van der Waals surface area contributed by atoms with Crippen molar-refractivity contribution in [2.75, 3.05) is 18.5 Å². The molecule has 1 aromatic rings. The Morgan fingerprint density at radius 3 is 2.75 bits per heavy atom. The van der Waals surface area contributed by atoms with E-state index in [4.69, 9.17) is 5.11 Å². The molecule has 0 radical (unpaired) electrons. The first-order chi connectivity index (χ1) is 7.68. The summed E-state index contributed by atoms with van der Waals surface area (Å²) in [5.74, 6) is 0.110. The molecular weight excluding hydrogens is 206 g/mol. The van der Waals surface area contributed by atoms with E-state index in [1.165, 1.54) is 31.7 Å². The molecule has 0 aliphatic heterocycles. The van der Waals surface area contributed by atoms with Crippen molar-refractivity contribution < 1.29 is 9.90 Å². The fraction of sp³-hybridized carbons (Fsp3) is 0.545. The highest BCUT2D eigenvalue weighted by Crippen LogP contribution is 2.28. The van der Waals surface area contributed by atoms with Gasteiger partial charge in [0.2, 0.25) is 0 Å². The summed E-state index contributed by atoms with van der Waals surface area (Å²) in [5.41, 5.74) is 0.0318. The maximum absolute atomic E-state index is 11.0. The second-order valence-corrected chi connectivity index (χ2v) is 4.21. The van der Waals surface area contributed by atoms with Gasteiger partial charge in [0.05, 0.1) is 0 Å².